The second-order valence-corrected chi connectivity index (χ2v) is 10.8. The lowest BCUT2D eigenvalue weighted by molar-refractivity contribution is -0.130. The number of carbonyl (C=O) groups excluding carboxylic acids is 1. The number of nitrogens with zero attached hydrogens (tertiary/aromatic N) is 2. The van der Waals surface area contributed by atoms with Crippen molar-refractivity contribution in [1.82, 2.24) is 9.88 Å². The van der Waals surface area contributed by atoms with Gasteiger partial charge in [0.25, 0.3) is 0 Å². The topological polar surface area (TPSA) is 67.3 Å². The Morgan fingerprint density at radius 2 is 2.08 bits per heavy atom. The molecule has 2 atom stereocenters. The zero-order valence-electron chi connectivity index (χ0n) is 14.1. The zero-order valence-corrected chi connectivity index (χ0v) is 16.5. The fraction of sp³-hybridized carbons (Fsp3) is 0.412. The monoisotopic (exact) mass is 396 g/mol. The highest BCUT2D eigenvalue weighted by atomic mass is 32.2. The van der Waals surface area contributed by atoms with E-state index in [0.717, 1.165) is 15.6 Å². The zero-order chi connectivity index (χ0) is 18.0. The number of thioether (sulfide) groups is 1. The summed E-state index contributed by atoms with van der Waals surface area (Å²) in [5, 5.41) is 1.69. The highest BCUT2D eigenvalue weighted by Gasteiger charge is 2.34. The van der Waals surface area contributed by atoms with E-state index in [2.05, 4.69) is 4.98 Å². The molecule has 0 unspecified atom stereocenters. The molecule has 1 amide bonds. The number of benzene rings is 1. The SMILES string of the molecule is C[C@@H](Sc1nc(-c2ccccc2)cs1)C(=O)N(C)[C@@H]1CCS(=O)(=O)C1. The molecule has 5 nitrogen and oxygen atoms in total. The van der Waals surface area contributed by atoms with E-state index in [-0.39, 0.29) is 28.7 Å². The Labute approximate surface area is 156 Å². The maximum atomic E-state index is 12.6. The van der Waals surface area contributed by atoms with E-state index in [1.807, 2.05) is 42.6 Å². The van der Waals surface area contributed by atoms with Crippen LogP contribution in [0.4, 0.5) is 0 Å². The van der Waals surface area contributed by atoms with Crippen LogP contribution < -0.4 is 0 Å². The number of hydrogen-bond donors (Lipinski definition) is 0. The second kappa shape index (κ2) is 7.47. The van der Waals surface area contributed by atoms with Crippen molar-refractivity contribution in [3.63, 3.8) is 0 Å². The number of aromatic nitrogens is 1. The molecule has 8 heteroatoms. The quantitative estimate of drug-likeness (QED) is 0.727. The predicted molar refractivity (Wildman–Crippen MR) is 103 cm³/mol. The van der Waals surface area contributed by atoms with Crippen LogP contribution in [0.15, 0.2) is 40.1 Å². The highest BCUT2D eigenvalue weighted by Crippen LogP contribution is 2.31. The normalized spacial score (nSPS) is 20.3. The first-order chi connectivity index (χ1) is 11.9. The van der Waals surface area contributed by atoms with Crippen LogP contribution in [-0.2, 0) is 14.6 Å². The third kappa shape index (κ3) is 4.43. The van der Waals surface area contributed by atoms with Crippen LogP contribution in [-0.4, -0.2) is 54.1 Å². The molecule has 2 aromatic rings. The second-order valence-electron chi connectivity index (χ2n) is 6.13. The average molecular weight is 397 g/mol. The number of sulfone groups is 1. The van der Waals surface area contributed by atoms with Gasteiger partial charge in [-0.15, -0.1) is 11.3 Å². The molecular weight excluding hydrogens is 376 g/mol. The van der Waals surface area contributed by atoms with Gasteiger partial charge in [-0.2, -0.15) is 0 Å². The maximum Gasteiger partial charge on any atom is 0.235 e. The van der Waals surface area contributed by atoms with Gasteiger partial charge in [0, 0.05) is 24.0 Å². The van der Waals surface area contributed by atoms with Crippen LogP contribution in [0.5, 0.6) is 0 Å². The molecule has 134 valence electrons. The van der Waals surface area contributed by atoms with Crippen molar-refractivity contribution in [3.8, 4) is 11.3 Å². The molecule has 25 heavy (non-hydrogen) atoms. The summed E-state index contributed by atoms with van der Waals surface area (Å²) >= 11 is 2.94. The first-order valence-electron chi connectivity index (χ1n) is 8.00. The summed E-state index contributed by atoms with van der Waals surface area (Å²) in [7, 11) is -1.30. The van der Waals surface area contributed by atoms with Gasteiger partial charge in [-0.3, -0.25) is 4.79 Å². The number of rotatable bonds is 5. The third-order valence-corrected chi connectivity index (χ3v) is 8.09. The highest BCUT2D eigenvalue weighted by molar-refractivity contribution is 8.02. The molecule has 1 aliphatic heterocycles. The van der Waals surface area contributed by atoms with Crippen LogP contribution in [0.1, 0.15) is 13.3 Å². The number of amides is 1. The maximum absolute atomic E-state index is 12.6. The van der Waals surface area contributed by atoms with Crippen LogP contribution in [0.3, 0.4) is 0 Å². The molecule has 1 saturated heterocycles. The van der Waals surface area contributed by atoms with Crippen molar-refractivity contribution < 1.29 is 13.2 Å². The van der Waals surface area contributed by atoms with E-state index in [1.54, 1.807) is 11.9 Å². The molecule has 0 bridgehead atoms. The van der Waals surface area contributed by atoms with Gasteiger partial charge in [-0.1, -0.05) is 42.1 Å². The number of hydrogen-bond acceptors (Lipinski definition) is 6. The van der Waals surface area contributed by atoms with Crippen molar-refractivity contribution in [2.45, 2.75) is 29.0 Å². The van der Waals surface area contributed by atoms with Crippen molar-refractivity contribution in [2.75, 3.05) is 18.6 Å². The number of thiazole rings is 1. The Morgan fingerprint density at radius 3 is 2.72 bits per heavy atom. The van der Waals surface area contributed by atoms with E-state index in [0.29, 0.717) is 6.42 Å². The van der Waals surface area contributed by atoms with Gasteiger partial charge in [-0.25, -0.2) is 13.4 Å². The van der Waals surface area contributed by atoms with Crippen molar-refractivity contribution in [1.29, 1.82) is 0 Å². The summed E-state index contributed by atoms with van der Waals surface area (Å²) < 4.78 is 24.1. The minimum atomic E-state index is -3.00. The van der Waals surface area contributed by atoms with Gasteiger partial charge in [0.2, 0.25) is 5.91 Å². The standard InChI is InChI=1S/C17H20N2O3S3/c1-12(16(20)19(2)14-8-9-25(21,22)11-14)24-17-18-15(10-23-17)13-6-4-3-5-7-13/h3-7,10,12,14H,8-9,11H2,1-2H3/t12-,14-/m1/s1. The molecule has 0 saturated carbocycles. The van der Waals surface area contributed by atoms with E-state index in [9.17, 15) is 13.2 Å². The summed E-state index contributed by atoms with van der Waals surface area (Å²) in [5.41, 5.74) is 1.96. The number of carbonyl (C=O) groups is 1. The molecule has 1 fully saturated rings. The Morgan fingerprint density at radius 1 is 1.36 bits per heavy atom. The molecule has 1 aromatic carbocycles. The summed E-state index contributed by atoms with van der Waals surface area (Å²) in [5.74, 6) is 0.190. The molecule has 1 aromatic heterocycles. The Bertz CT molecular complexity index is 849. The first kappa shape index (κ1) is 18.4. The average Bonchev–Trinajstić information content (AvgIpc) is 3.20. The van der Waals surface area contributed by atoms with Crippen molar-refractivity contribution >= 4 is 38.8 Å². The fourth-order valence-electron chi connectivity index (χ4n) is 2.80. The van der Waals surface area contributed by atoms with Crippen molar-refractivity contribution in [3.05, 3.63) is 35.7 Å². The lowest BCUT2D eigenvalue weighted by Crippen LogP contribution is -2.41. The molecule has 0 N–H and O–H groups in total. The van der Waals surface area contributed by atoms with Gasteiger partial charge in [-0.05, 0) is 13.3 Å². The van der Waals surface area contributed by atoms with Crippen LogP contribution in [0, 0.1) is 0 Å². The summed E-state index contributed by atoms with van der Waals surface area (Å²) in [6, 6.07) is 9.71. The van der Waals surface area contributed by atoms with Crippen LogP contribution in [0.25, 0.3) is 11.3 Å². The molecule has 1 aliphatic rings. The molecule has 2 heterocycles. The van der Waals surface area contributed by atoms with Crippen LogP contribution >= 0.6 is 23.1 Å². The lowest BCUT2D eigenvalue weighted by atomic mass is 10.2. The minimum absolute atomic E-state index is 0.0523. The van der Waals surface area contributed by atoms with E-state index in [1.165, 1.54) is 23.1 Å². The van der Waals surface area contributed by atoms with Crippen molar-refractivity contribution in [2.24, 2.45) is 0 Å². The molecule has 0 aliphatic carbocycles. The Balaban J connectivity index is 1.63. The lowest BCUT2D eigenvalue weighted by Gasteiger charge is -2.25. The minimum Gasteiger partial charge on any atom is -0.341 e. The molecule has 0 spiro atoms. The van der Waals surface area contributed by atoms with Gasteiger partial charge in [0.15, 0.2) is 14.2 Å². The fourth-order valence-corrected chi connectivity index (χ4v) is 6.65. The summed E-state index contributed by atoms with van der Waals surface area (Å²) in [6.45, 7) is 1.84. The Hall–Kier alpha value is -1.38. The molecule has 3 rings (SSSR count). The van der Waals surface area contributed by atoms with E-state index >= 15 is 0 Å². The van der Waals surface area contributed by atoms with Crippen LogP contribution in [0.2, 0.25) is 0 Å². The third-order valence-electron chi connectivity index (χ3n) is 4.28. The summed E-state index contributed by atoms with van der Waals surface area (Å²) in [6.07, 6.45) is 0.525. The summed E-state index contributed by atoms with van der Waals surface area (Å²) in [4.78, 5) is 18.8. The molecule has 0 radical (unpaired) electrons. The van der Waals surface area contributed by atoms with Gasteiger partial charge < -0.3 is 4.90 Å². The van der Waals surface area contributed by atoms with Gasteiger partial charge in [0.1, 0.15) is 0 Å². The van der Waals surface area contributed by atoms with Gasteiger partial charge in [0.05, 0.1) is 22.4 Å². The molecular formula is C17H20N2O3S3. The largest absolute Gasteiger partial charge is 0.341 e. The predicted octanol–water partition coefficient (Wildman–Crippen LogP) is 2.94. The van der Waals surface area contributed by atoms with Gasteiger partial charge >= 0.3 is 0 Å². The Kier molecular flexibility index (Phi) is 5.50. The smallest absolute Gasteiger partial charge is 0.235 e. The van der Waals surface area contributed by atoms with E-state index in [4.69, 9.17) is 0 Å². The van der Waals surface area contributed by atoms with E-state index < -0.39 is 9.84 Å². The first-order valence-corrected chi connectivity index (χ1v) is 11.6.